The van der Waals surface area contributed by atoms with Crippen molar-refractivity contribution in [2.75, 3.05) is 19.6 Å². The summed E-state index contributed by atoms with van der Waals surface area (Å²) in [4.78, 5) is 28.1. The SMILES string of the molecule is O=C(Cc1ccc(Cl)cc1)N1CCC(N2CCCC2=O)CC1. The van der Waals surface area contributed by atoms with Crippen LogP contribution < -0.4 is 0 Å². The minimum Gasteiger partial charge on any atom is -0.342 e. The summed E-state index contributed by atoms with van der Waals surface area (Å²) in [6, 6.07) is 7.76. The lowest BCUT2D eigenvalue weighted by Crippen LogP contribution is -2.47. The van der Waals surface area contributed by atoms with Crippen molar-refractivity contribution in [3.8, 4) is 0 Å². The minimum atomic E-state index is 0.161. The van der Waals surface area contributed by atoms with Gasteiger partial charge in [0.05, 0.1) is 6.42 Å². The van der Waals surface area contributed by atoms with Gasteiger partial charge in [0.1, 0.15) is 0 Å². The lowest BCUT2D eigenvalue weighted by atomic mass is 10.0. The molecule has 0 bridgehead atoms. The summed E-state index contributed by atoms with van der Waals surface area (Å²) in [5, 5.41) is 0.687. The Morgan fingerprint density at radius 2 is 1.82 bits per heavy atom. The zero-order valence-corrected chi connectivity index (χ0v) is 13.4. The number of rotatable bonds is 3. The summed E-state index contributed by atoms with van der Waals surface area (Å²) >= 11 is 5.86. The zero-order chi connectivity index (χ0) is 15.5. The number of hydrogen-bond acceptors (Lipinski definition) is 2. The van der Waals surface area contributed by atoms with Crippen molar-refractivity contribution in [2.24, 2.45) is 0 Å². The van der Waals surface area contributed by atoms with E-state index in [-0.39, 0.29) is 11.8 Å². The molecule has 2 fully saturated rings. The summed E-state index contributed by atoms with van der Waals surface area (Å²) in [5.74, 6) is 0.444. The largest absolute Gasteiger partial charge is 0.342 e. The van der Waals surface area contributed by atoms with Crippen LogP contribution in [0.5, 0.6) is 0 Å². The molecule has 1 aromatic rings. The van der Waals surface area contributed by atoms with Gasteiger partial charge in [0.15, 0.2) is 0 Å². The number of nitrogens with zero attached hydrogens (tertiary/aromatic N) is 2. The highest BCUT2D eigenvalue weighted by Crippen LogP contribution is 2.22. The van der Waals surface area contributed by atoms with E-state index in [0.29, 0.717) is 23.9 Å². The molecule has 2 saturated heterocycles. The molecule has 0 saturated carbocycles. The normalized spacial score (nSPS) is 19.8. The fourth-order valence-corrected chi connectivity index (χ4v) is 3.50. The minimum absolute atomic E-state index is 0.161. The van der Waals surface area contributed by atoms with Gasteiger partial charge in [0, 0.05) is 37.1 Å². The molecule has 0 spiro atoms. The lowest BCUT2D eigenvalue weighted by Gasteiger charge is -2.36. The Balaban J connectivity index is 1.51. The third-order valence-electron chi connectivity index (χ3n) is 4.64. The van der Waals surface area contributed by atoms with Crippen LogP contribution >= 0.6 is 11.6 Å². The molecule has 0 aromatic heterocycles. The molecule has 3 rings (SSSR count). The number of hydrogen-bond donors (Lipinski definition) is 0. The average Bonchev–Trinajstić information content (AvgIpc) is 2.96. The number of piperidine rings is 1. The zero-order valence-electron chi connectivity index (χ0n) is 12.6. The first kappa shape index (κ1) is 15.3. The highest BCUT2D eigenvalue weighted by atomic mass is 35.5. The van der Waals surface area contributed by atoms with E-state index in [2.05, 4.69) is 0 Å². The van der Waals surface area contributed by atoms with Gasteiger partial charge < -0.3 is 9.80 Å². The number of halogens is 1. The maximum absolute atomic E-state index is 12.4. The molecule has 0 unspecified atom stereocenters. The predicted molar refractivity (Wildman–Crippen MR) is 85.7 cm³/mol. The van der Waals surface area contributed by atoms with Crippen molar-refractivity contribution in [3.63, 3.8) is 0 Å². The molecule has 0 atom stereocenters. The van der Waals surface area contributed by atoms with Gasteiger partial charge in [-0.15, -0.1) is 0 Å². The van der Waals surface area contributed by atoms with Crippen LogP contribution in [0.2, 0.25) is 5.02 Å². The molecule has 2 heterocycles. The van der Waals surface area contributed by atoms with Crippen LogP contribution in [0.4, 0.5) is 0 Å². The van der Waals surface area contributed by atoms with Crippen molar-refractivity contribution in [2.45, 2.75) is 38.1 Å². The van der Waals surface area contributed by atoms with Gasteiger partial charge in [-0.2, -0.15) is 0 Å². The molecule has 118 valence electrons. The smallest absolute Gasteiger partial charge is 0.226 e. The van der Waals surface area contributed by atoms with Gasteiger partial charge in [0.25, 0.3) is 0 Å². The topological polar surface area (TPSA) is 40.6 Å². The van der Waals surface area contributed by atoms with Crippen molar-refractivity contribution in [1.82, 2.24) is 9.80 Å². The fraction of sp³-hybridized carbons (Fsp3) is 0.529. The van der Waals surface area contributed by atoms with Crippen LogP contribution in [0, 0.1) is 0 Å². The maximum Gasteiger partial charge on any atom is 0.226 e. The molecule has 0 aliphatic carbocycles. The van der Waals surface area contributed by atoms with Gasteiger partial charge in [-0.3, -0.25) is 9.59 Å². The summed E-state index contributed by atoms with van der Waals surface area (Å²) in [7, 11) is 0. The van der Waals surface area contributed by atoms with Crippen LogP contribution in [-0.2, 0) is 16.0 Å². The first-order chi connectivity index (χ1) is 10.6. The van der Waals surface area contributed by atoms with Gasteiger partial charge in [0.2, 0.25) is 11.8 Å². The van der Waals surface area contributed by atoms with Crippen molar-refractivity contribution < 1.29 is 9.59 Å². The first-order valence-electron chi connectivity index (χ1n) is 7.95. The quantitative estimate of drug-likeness (QED) is 0.858. The van der Waals surface area contributed by atoms with Gasteiger partial charge >= 0.3 is 0 Å². The van der Waals surface area contributed by atoms with E-state index in [0.717, 1.165) is 44.5 Å². The molecule has 0 radical (unpaired) electrons. The summed E-state index contributed by atoms with van der Waals surface area (Å²) < 4.78 is 0. The molecule has 1 aromatic carbocycles. The summed E-state index contributed by atoms with van der Waals surface area (Å²) in [5.41, 5.74) is 0.992. The molecular formula is C17H21ClN2O2. The molecule has 2 amide bonds. The van der Waals surface area contributed by atoms with Crippen molar-refractivity contribution >= 4 is 23.4 Å². The second-order valence-electron chi connectivity index (χ2n) is 6.11. The molecule has 5 heteroatoms. The predicted octanol–water partition coefficient (Wildman–Crippen LogP) is 2.50. The highest BCUT2D eigenvalue weighted by Gasteiger charge is 2.31. The second-order valence-corrected chi connectivity index (χ2v) is 6.54. The third-order valence-corrected chi connectivity index (χ3v) is 4.89. The van der Waals surface area contributed by atoms with E-state index in [1.807, 2.05) is 34.1 Å². The standard InChI is InChI=1S/C17H21ClN2O2/c18-14-5-3-13(4-6-14)12-17(22)19-10-7-15(8-11-19)20-9-1-2-16(20)21/h3-6,15H,1-2,7-12H2. The van der Waals surface area contributed by atoms with Gasteiger partial charge in [-0.25, -0.2) is 0 Å². The first-order valence-corrected chi connectivity index (χ1v) is 8.33. The maximum atomic E-state index is 12.4. The fourth-order valence-electron chi connectivity index (χ4n) is 3.37. The van der Waals surface area contributed by atoms with Crippen molar-refractivity contribution in [3.05, 3.63) is 34.9 Å². The summed E-state index contributed by atoms with van der Waals surface area (Å²) in [6.07, 6.45) is 3.89. The molecular weight excluding hydrogens is 300 g/mol. The van der Waals surface area contributed by atoms with E-state index in [4.69, 9.17) is 11.6 Å². The summed E-state index contributed by atoms with van der Waals surface area (Å²) in [6.45, 7) is 2.39. The molecule has 0 N–H and O–H groups in total. The number of amides is 2. The van der Waals surface area contributed by atoms with Crippen LogP contribution in [0.25, 0.3) is 0 Å². The monoisotopic (exact) mass is 320 g/mol. The second kappa shape index (κ2) is 6.69. The van der Waals surface area contributed by atoms with E-state index in [1.165, 1.54) is 0 Å². The van der Waals surface area contributed by atoms with Crippen LogP contribution in [0.3, 0.4) is 0 Å². The Kier molecular flexibility index (Phi) is 4.67. The number of carbonyl (C=O) groups excluding carboxylic acids is 2. The number of carbonyl (C=O) groups is 2. The number of benzene rings is 1. The van der Waals surface area contributed by atoms with E-state index >= 15 is 0 Å². The van der Waals surface area contributed by atoms with E-state index in [1.54, 1.807) is 0 Å². The lowest BCUT2D eigenvalue weighted by molar-refractivity contribution is -0.134. The Hall–Kier alpha value is -1.55. The van der Waals surface area contributed by atoms with Crippen molar-refractivity contribution in [1.29, 1.82) is 0 Å². The average molecular weight is 321 g/mol. The highest BCUT2D eigenvalue weighted by molar-refractivity contribution is 6.30. The molecule has 22 heavy (non-hydrogen) atoms. The molecule has 2 aliphatic rings. The van der Waals surface area contributed by atoms with E-state index < -0.39 is 0 Å². The Bertz CT molecular complexity index is 550. The Morgan fingerprint density at radius 3 is 2.41 bits per heavy atom. The van der Waals surface area contributed by atoms with Gasteiger partial charge in [-0.05, 0) is 37.0 Å². The van der Waals surface area contributed by atoms with Crippen LogP contribution in [0.1, 0.15) is 31.2 Å². The molecule has 2 aliphatic heterocycles. The van der Waals surface area contributed by atoms with Crippen LogP contribution in [0.15, 0.2) is 24.3 Å². The van der Waals surface area contributed by atoms with Crippen LogP contribution in [-0.4, -0.2) is 47.3 Å². The molecule has 4 nitrogen and oxygen atoms in total. The number of likely N-dealkylation sites (tertiary alicyclic amines) is 2. The Morgan fingerprint density at radius 1 is 1.14 bits per heavy atom. The Labute approximate surface area is 136 Å². The van der Waals surface area contributed by atoms with E-state index in [9.17, 15) is 9.59 Å². The van der Waals surface area contributed by atoms with Gasteiger partial charge in [-0.1, -0.05) is 23.7 Å². The third kappa shape index (κ3) is 3.43.